The van der Waals surface area contributed by atoms with Gasteiger partial charge in [-0.15, -0.1) is 0 Å². The van der Waals surface area contributed by atoms with E-state index in [1.165, 1.54) is 18.7 Å². The number of nitrogens with two attached hydrogens (primary N) is 1. The van der Waals surface area contributed by atoms with Crippen molar-refractivity contribution in [1.82, 2.24) is 37.2 Å². The third-order valence-electron chi connectivity index (χ3n) is 8.69. The largest absolute Gasteiger partial charge is 0.480 e. The molecule has 53 heavy (non-hydrogen) atoms. The molecule has 8 atom stereocenters. The normalized spacial score (nSPS) is 15.7. The lowest BCUT2D eigenvalue weighted by atomic mass is 9.94. The molecular formula is C35H64N8O9S. The Balaban J connectivity index is 5.86. The van der Waals surface area contributed by atoms with E-state index in [4.69, 9.17) is 10.8 Å². The van der Waals surface area contributed by atoms with Gasteiger partial charge in [0.05, 0.1) is 12.6 Å². The van der Waals surface area contributed by atoms with Gasteiger partial charge in [0.25, 0.3) is 0 Å². The minimum absolute atomic E-state index is 0.0615. The van der Waals surface area contributed by atoms with Gasteiger partial charge in [0.2, 0.25) is 41.4 Å². The average Bonchev–Trinajstić information content (AvgIpc) is 3.09. The highest BCUT2D eigenvalue weighted by Crippen LogP contribution is 2.13. The Kier molecular flexibility index (Phi) is 23.3. The van der Waals surface area contributed by atoms with Gasteiger partial charge in [0, 0.05) is 0 Å². The van der Waals surface area contributed by atoms with Gasteiger partial charge in [0.1, 0.15) is 36.8 Å². The molecule has 304 valence electrons. The van der Waals surface area contributed by atoms with E-state index in [1.807, 2.05) is 34.0 Å². The van der Waals surface area contributed by atoms with E-state index in [2.05, 4.69) is 37.2 Å². The lowest BCUT2D eigenvalue weighted by Crippen LogP contribution is -2.59. The standard InChI is InChI=1S/C35H64N8O9S/c1-11-20(7)28(43-35(52)29(21(8)12-2)42-30(47)22(9)36)34(51)37-16-25(44)39-24(15-18(3)4)32(49)40-23(13-14-53-10)31(48)41-27(19(5)6)33(50)38-17-26(45)46/h18-24,27-29H,11-17,36H2,1-10H3,(H,37,51)(H,38,50)(H,39,44)(H,40,49)(H,41,48)(H,42,47)(H,43,52)(H,45,46)/t20-,21-,22-,23-,24-,27-,28-,29-/m0/s1. The Labute approximate surface area is 318 Å². The third-order valence-corrected chi connectivity index (χ3v) is 9.33. The van der Waals surface area contributed by atoms with E-state index in [-0.39, 0.29) is 30.6 Å². The highest BCUT2D eigenvalue weighted by molar-refractivity contribution is 7.98. The summed E-state index contributed by atoms with van der Waals surface area (Å²) < 4.78 is 0. The second-order valence-electron chi connectivity index (χ2n) is 14.2. The van der Waals surface area contributed by atoms with Crippen LogP contribution in [0.3, 0.4) is 0 Å². The van der Waals surface area contributed by atoms with Crippen LogP contribution in [0.5, 0.6) is 0 Å². The van der Waals surface area contributed by atoms with Crippen LogP contribution in [0.2, 0.25) is 0 Å². The maximum Gasteiger partial charge on any atom is 0.322 e. The van der Waals surface area contributed by atoms with Crippen LogP contribution in [0.1, 0.15) is 88.0 Å². The molecule has 0 saturated heterocycles. The monoisotopic (exact) mass is 772 g/mol. The minimum Gasteiger partial charge on any atom is -0.480 e. The number of carboxylic acid groups (broad SMARTS) is 1. The molecule has 0 fully saturated rings. The maximum atomic E-state index is 13.6. The SMILES string of the molecule is CC[C@H](C)[C@H](NC(=O)[C@H](C)N)C(=O)N[C@H](C(=O)NCC(=O)N[C@@H](CC(C)C)C(=O)N[C@@H](CCSC)C(=O)N[C@H](C(=O)NCC(=O)O)C(C)C)[C@@H](C)CC. The maximum absolute atomic E-state index is 13.6. The number of amides is 7. The fraction of sp³-hybridized carbons (Fsp3) is 0.771. The van der Waals surface area contributed by atoms with E-state index in [0.29, 0.717) is 18.6 Å². The topological polar surface area (TPSA) is 267 Å². The zero-order valence-electron chi connectivity index (χ0n) is 32.9. The van der Waals surface area contributed by atoms with Crippen LogP contribution in [-0.4, -0.2) is 114 Å². The van der Waals surface area contributed by atoms with Gasteiger partial charge in [0.15, 0.2) is 0 Å². The molecule has 0 aliphatic heterocycles. The zero-order valence-corrected chi connectivity index (χ0v) is 33.7. The van der Waals surface area contributed by atoms with Crippen molar-refractivity contribution in [3.8, 4) is 0 Å². The number of aliphatic carboxylic acids is 1. The molecule has 0 unspecified atom stereocenters. The molecule has 0 bridgehead atoms. The Morgan fingerprint density at radius 2 is 1.08 bits per heavy atom. The van der Waals surface area contributed by atoms with Gasteiger partial charge >= 0.3 is 5.97 Å². The number of carbonyl (C=O) groups is 8. The lowest BCUT2D eigenvalue weighted by molar-refractivity contribution is -0.139. The molecule has 0 rings (SSSR count). The van der Waals surface area contributed by atoms with E-state index in [9.17, 15) is 38.4 Å². The number of carbonyl (C=O) groups excluding carboxylic acids is 7. The van der Waals surface area contributed by atoms with E-state index in [1.54, 1.807) is 27.7 Å². The van der Waals surface area contributed by atoms with Crippen molar-refractivity contribution >= 4 is 59.1 Å². The van der Waals surface area contributed by atoms with Gasteiger partial charge in [-0.05, 0) is 55.4 Å². The summed E-state index contributed by atoms with van der Waals surface area (Å²) >= 11 is 1.44. The first kappa shape index (κ1) is 49.1. The Hall–Kier alpha value is -3.93. The van der Waals surface area contributed by atoms with Gasteiger partial charge in [-0.25, -0.2) is 0 Å². The Bertz CT molecular complexity index is 1250. The van der Waals surface area contributed by atoms with Crippen LogP contribution in [0.4, 0.5) is 0 Å². The van der Waals surface area contributed by atoms with Crippen molar-refractivity contribution in [2.45, 2.75) is 124 Å². The summed E-state index contributed by atoms with van der Waals surface area (Å²) in [7, 11) is 0. The number of nitrogens with one attached hydrogen (secondary N) is 7. The molecule has 18 heteroatoms. The summed E-state index contributed by atoms with van der Waals surface area (Å²) in [5.74, 6) is -6.20. The number of rotatable bonds is 25. The van der Waals surface area contributed by atoms with Crippen molar-refractivity contribution in [3.63, 3.8) is 0 Å². The van der Waals surface area contributed by atoms with Crippen LogP contribution in [-0.2, 0) is 38.4 Å². The molecule has 0 radical (unpaired) electrons. The Morgan fingerprint density at radius 1 is 0.604 bits per heavy atom. The lowest BCUT2D eigenvalue weighted by Gasteiger charge is -2.29. The van der Waals surface area contributed by atoms with Gasteiger partial charge in [-0.3, -0.25) is 38.4 Å². The molecular weight excluding hydrogens is 708 g/mol. The molecule has 0 saturated carbocycles. The minimum atomic E-state index is -1.24. The number of carboxylic acids is 1. The molecule has 10 N–H and O–H groups in total. The van der Waals surface area contributed by atoms with Crippen molar-refractivity contribution in [3.05, 3.63) is 0 Å². The molecule has 0 aliphatic carbocycles. The molecule has 17 nitrogen and oxygen atoms in total. The smallest absolute Gasteiger partial charge is 0.322 e. The summed E-state index contributed by atoms with van der Waals surface area (Å²) in [5.41, 5.74) is 5.68. The quantitative estimate of drug-likeness (QED) is 0.0578. The summed E-state index contributed by atoms with van der Waals surface area (Å²) in [6.45, 7) is 14.7. The first-order valence-corrected chi connectivity index (χ1v) is 19.6. The van der Waals surface area contributed by atoms with Crippen molar-refractivity contribution in [1.29, 1.82) is 0 Å². The third kappa shape index (κ3) is 18.6. The fourth-order valence-electron chi connectivity index (χ4n) is 5.00. The molecule has 0 spiro atoms. The highest BCUT2D eigenvalue weighted by Gasteiger charge is 2.34. The zero-order chi connectivity index (χ0) is 41.0. The second-order valence-corrected chi connectivity index (χ2v) is 15.2. The van der Waals surface area contributed by atoms with Crippen LogP contribution in [0.25, 0.3) is 0 Å². The summed E-state index contributed by atoms with van der Waals surface area (Å²) in [6, 6.07) is -6.05. The van der Waals surface area contributed by atoms with Crippen molar-refractivity contribution < 1.29 is 43.5 Å². The number of hydrogen-bond acceptors (Lipinski definition) is 10. The number of thioether (sulfide) groups is 1. The molecule has 0 aliphatic rings. The summed E-state index contributed by atoms with van der Waals surface area (Å²) in [4.78, 5) is 103. The van der Waals surface area contributed by atoms with E-state index < -0.39 is 103 Å². The van der Waals surface area contributed by atoms with Crippen LogP contribution in [0.15, 0.2) is 0 Å². The predicted octanol–water partition coefficient (Wildman–Crippen LogP) is -0.378. The van der Waals surface area contributed by atoms with Crippen molar-refractivity contribution in [2.24, 2.45) is 29.4 Å². The van der Waals surface area contributed by atoms with Crippen LogP contribution < -0.4 is 43.0 Å². The fourth-order valence-corrected chi connectivity index (χ4v) is 5.47. The average molecular weight is 773 g/mol. The van der Waals surface area contributed by atoms with Gasteiger partial charge < -0.3 is 48.1 Å². The van der Waals surface area contributed by atoms with Gasteiger partial charge in [-0.1, -0.05) is 68.2 Å². The first-order valence-electron chi connectivity index (χ1n) is 18.2. The molecule has 0 aromatic heterocycles. The highest BCUT2D eigenvalue weighted by atomic mass is 32.2. The molecule has 7 amide bonds. The van der Waals surface area contributed by atoms with Gasteiger partial charge in [-0.2, -0.15) is 11.8 Å². The number of hydrogen-bond donors (Lipinski definition) is 9. The summed E-state index contributed by atoms with van der Waals surface area (Å²) in [5, 5.41) is 27.0. The van der Waals surface area contributed by atoms with Crippen LogP contribution in [0, 0.1) is 23.7 Å². The predicted molar refractivity (Wildman–Crippen MR) is 203 cm³/mol. The molecule has 0 aromatic carbocycles. The molecule has 0 heterocycles. The molecule has 0 aromatic rings. The first-order chi connectivity index (χ1) is 24.7. The van der Waals surface area contributed by atoms with E-state index in [0.717, 1.165) is 0 Å². The van der Waals surface area contributed by atoms with Crippen LogP contribution >= 0.6 is 11.8 Å². The Morgan fingerprint density at radius 3 is 1.55 bits per heavy atom. The van der Waals surface area contributed by atoms with Crippen molar-refractivity contribution in [2.75, 3.05) is 25.1 Å². The summed E-state index contributed by atoms with van der Waals surface area (Å²) in [6.07, 6.45) is 3.30. The second kappa shape index (κ2) is 25.2. The van der Waals surface area contributed by atoms with E-state index >= 15 is 0 Å².